The van der Waals surface area contributed by atoms with E-state index in [0.717, 1.165) is 32.5 Å². The molecular weight excluding hydrogens is 879 g/mol. The van der Waals surface area contributed by atoms with Crippen LogP contribution in [0.15, 0.2) is 54.7 Å². The van der Waals surface area contributed by atoms with Gasteiger partial charge in [0.2, 0.25) is 41.4 Å². The number of nitrogens with zero attached hydrogens (tertiary/aromatic N) is 1. The van der Waals surface area contributed by atoms with Gasteiger partial charge in [0.15, 0.2) is 0 Å². The summed E-state index contributed by atoms with van der Waals surface area (Å²) in [5, 5.41) is 37.2. The fraction of sp³-hybridized carbons (Fsp3) is 0.500. The maximum Gasteiger partial charge on any atom is 0.327 e. The van der Waals surface area contributed by atoms with Gasteiger partial charge in [-0.25, -0.2) is 4.79 Å². The number of nitrogens with one attached hydrogen (secondary N) is 7. The summed E-state index contributed by atoms with van der Waals surface area (Å²) in [5.41, 5.74) is 7.56. The van der Waals surface area contributed by atoms with Crippen molar-refractivity contribution in [3.05, 3.63) is 65.9 Å². The fourth-order valence-electron chi connectivity index (χ4n) is 7.71. The average Bonchev–Trinajstić information content (AvgIpc) is 3.93. The molecular formula is C44H59N9O10S2. The van der Waals surface area contributed by atoms with Gasteiger partial charge in [0.1, 0.15) is 48.0 Å². The molecule has 5 rings (SSSR count). The number of fused-ring (bicyclic) bond motifs is 2. The van der Waals surface area contributed by atoms with Crippen LogP contribution in [-0.2, 0) is 51.2 Å². The zero-order chi connectivity index (χ0) is 47.4. The van der Waals surface area contributed by atoms with Gasteiger partial charge in [-0.1, -0.05) is 79.6 Å². The van der Waals surface area contributed by atoms with Gasteiger partial charge in [-0.05, 0) is 60.4 Å². The monoisotopic (exact) mass is 937 g/mol. The molecule has 3 heterocycles. The summed E-state index contributed by atoms with van der Waals surface area (Å²) in [6, 6.07) is 4.69. The summed E-state index contributed by atoms with van der Waals surface area (Å²) in [5.74, 6) is -7.16. The van der Waals surface area contributed by atoms with E-state index in [9.17, 15) is 48.6 Å². The highest BCUT2D eigenvalue weighted by atomic mass is 33.1. The predicted octanol–water partition coefficient (Wildman–Crippen LogP) is 0.699. The van der Waals surface area contributed by atoms with Gasteiger partial charge < -0.3 is 57.7 Å². The molecule has 1 aromatic heterocycles. The van der Waals surface area contributed by atoms with E-state index in [1.54, 1.807) is 32.2 Å². The number of nitrogens with two attached hydrogens (primary N) is 1. The molecule has 65 heavy (non-hydrogen) atoms. The Balaban J connectivity index is 1.54. The number of phenols is 1. The minimum atomic E-state index is -1.46. The number of amides is 7. The molecule has 0 aliphatic carbocycles. The molecule has 19 nitrogen and oxygen atoms in total. The third-order valence-electron chi connectivity index (χ3n) is 11.2. The van der Waals surface area contributed by atoms with Crippen molar-refractivity contribution >= 4 is 79.8 Å². The van der Waals surface area contributed by atoms with E-state index in [1.807, 2.05) is 38.1 Å². The number of rotatable bonds is 10. The molecule has 21 heteroatoms. The van der Waals surface area contributed by atoms with Crippen LogP contribution in [0.4, 0.5) is 0 Å². The Morgan fingerprint density at radius 2 is 1.46 bits per heavy atom. The van der Waals surface area contributed by atoms with Crippen LogP contribution in [-0.4, -0.2) is 134 Å². The summed E-state index contributed by atoms with van der Waals surface area (Å²) in [6.45, 7) is 6.77. The normalized spacial score (nSPS) is 24.7. The van der Waals surface area contributed by atoms with Gasteiger partial charge >= 0.3 is 5.97 Å². The quantitative estimate of drug-likeness (QED) is 0.126. The van der Waals surface area contributed by atoms with E-state index in [0.29, 0.717) is 17.5 Å². The fourth-order valence-corrected chi connectivity index (χ4v) is 10.0. The van der Waals surface area contributed by atoms with Gasteiger partial charge in [0, 0.05) is 48.0 Å². The first-order valence-corrected chi connectivity index (χ1v) is 24.1. The zero-order valence-electron chi connectivity index (χ0n) is 36.8. The number of hydrogen-bond acceptors (Lipinski definition) is 12. The molecule has 0 radical (unpaired) electrons. The molecule has 0 saturated carbocycles. The van der Waals surface area contributed by atoms with Crippen molar-refractivity contribution in [3.8, 4) is 5.75 Å². The van der Waals surface area contributed by atoms with E-state index in [4.69, 9.17) is 5.73 Å². The Labute approximate surface area is 384 Å². The van der Waals surface area contributed by atoms with Crippen molar-refractivity contribution in [3.63, 3.8) is 0 Å². The number of hydrogen-bond donors (Lipinski definition) is 10. The number of aliphatic carboxylic acids is 1. The molecule has 11 N–H and O–H groups in total. The average molecular weight is 938 g/mol. The first-order chi connectivity index (χ1) is 30.9. The maximum atomic E-state index is 14.7. The number of carbonyl (C=O) groups excluding carboxylic acids is 7. The SMILES string of the molecule is CC(C)CC1NC(=O)C(C(C)C)NC(=O)C(NC(=O)CN)CSSC[C@@H](C(=O)O)NC(=O)[C@H](Cc2c[nH]c3ccccc23)NC(=O)[C@@H]2CCCN2C(=O)[C@H](Cc2ccc(O)cc2)NC1=O. The van der Waals surface area contributed by atoms with Crippen LogP contribution >= 0.6 is 21.6 Å². The van der Waals surface area contributed by atoms with Crippen LogP contribution in [0, 0.1) is 11.8 Å². The third kappa shape index (κ3) is 13.9. The van der Waals surface area contributed by atoms with Gasteiger partial charge in [-0.2, -0.15) is 0 Å². The Hall–Kier alpha value is -5.80. The Morgan fingerprint density at radius 1 is 0.800 bits per heavy atom. The van der Waals surface area contributed by atoms with Crippen LogP contribution in [0.2, 0.25) is 0 Å². The smallest absolute Gasteiger partial charge is 0.327 e. The van der Waals surface area contributed by atoms with Gasteiger partial charge in [-0.3, -0.25) is 33.6 Å². The van der Waals surface area contributed by atoms with Gasteiger partial charge in [0.25, 0.3) is 0 Å². The molecule has 2 aliphatic heterocycles. The van der Waals surface area contributed by atoms with Gasteiger partial charge in [0.05, 0.1) is 6.54 Å². The van der Waals surface area contributed by atoms with Crippen LogP contribution < -0.4 is 37.6 Å². The standard InChI is InChI=1S/C44H59N9O10S2/c1-23(2)16-30-38(56)50-32(17-25-11-13-27(54)14-12-25)43(61)53-15-7-10-35(53)41(59)48-31(18-26-20-46-29-9-6-5-8-28(26)29)39(57)51-34(44(62)63)22-65-64-21-33(47-36(55)19-45)40(58)52-37(24(3)4)42(60)49-30/h5-6,8-9,11-14,20,23-24,30-35,37,46,54H,7,10,15-19,21-22,45H2,1-4H3,(H,47,55)(H,48,59)(H,49,60)(H,50,56)(H,51,57)(H,52,58)(H,62,63)/t30?,31-,32-,33?,34-,35-,37?/m0/s1. The summed E-state index contributed by atoms with van der Waals surface area (Å²) in [6.07, 6.45) is 2.39. The number of carboxylic acids is 1. The second-order valence-electron chi connectivity index (χ2n) is 17.0. The first-order valence-electron chi connectivity index (χ1n) is 21.6. The number of aromatic hydroxyl groups is 1. The molecule has 7 amide bonds. The van der Waals surface area contributed by atoms with E-state index in [-0.39, 0.29) is 55.4 Å². The molecule has 2 aliphatic rings. The molecule has 2 saturated heterocycles. The molecule has 3 unspecified atom stereocenters. The maximum absolute atomic E-state index is 14.7. The minimum absolute atomic E-state index is 0.0171. The lowest BCUT2D eigenvalue weighted by Gasteiger charge is -2.31. The second kappa shape index (κ2) is 23.4. The lowest BCUT2D eigenvalue weighted by atomic mass is 9.98. The molecule has 0 spiro atoms. The van der Waals surface area contributed by atoms with E-state index in [1.165, 1.54) is 17.0 Å². The summed E-state index contributed by atoms with van der Waals surface area (Å²) in [4.78, 5) is 115. The van der Waals surface area contributed by atoms with Crippen LogP contribution in [0.25, 0.3) is 10.9 Å². The third-order valence-corrected chi connectivity index (χ3v) is 13.6. The number of para-hydroxylation sites is 1. The number of benzene rings is 2. The summed E-state index contributed by atoms with van der Waals surface area (Å²) >= 11 is 0. The molecule has 3 aromatic rings. The highest BCUT2D eigenvalue weighted by Crippen LogP contribution is 2.25. The molecule has 352 valence electrons. The largest absolute Gasteiger partial charge is 0.508 e. The minimum Gasteiger partial charge on any atom is -0.508 e. The Bertz CT molecular complexity index is 2200. The number of carboxylic acid groups (broad SMARTS) is 1. The van der Waals surface area contributed by atoms with Crippen molar-refractivity contribution in [1.82, 2.24) is 41.8 Å². The van der Waals surface area contributed by atoms with Gasteiger partial charge in [-0.15, -0.1) is 0 Å². The van der Waals surface area contributed by atoms with E-state index >= 15 is 0 Å². The predicted molar refractivity (Wildman–Crippen MR) is 246 cm³/mol. The number of H-pyrrole nitrogens is 1. The van der Waals surface area contributed by atoms with E-state index in [2.05, 4.69) is 36.9 Å². The topological polar surface area (TPSA) is 294 Å². The summed E-state index contributed by atoms with van der Waals surface area (Å²) in [7, 11) is 2.05. The number of phenolic OH excluding ortho intramolecular Hbond substituents is 1. The highest BCUT2D eigenvalue weighted by molar-refractivity contribution is 8.76. The molecule has 2 aromatic carbocycles. The van der Waals surface area contributed by atoms with Crippen molar-refractivity contribution in [1.29, 1.82) is 0 Å². The number of carbonyl (C=O) groups is 8. The van der Waals surface area contributed by atoms with Crippen molar-refractivity contribution < 1.29 is 48.6 Å². The molecule has 0 bridgehead atoms. The van der Waals surface area contributed by atoms with Crippen molar-refractivity contribution in [2.75, 3.05) is 24.6 Å². The Morgan fingerprint density at radius 3 is 2.14 bits per heavy atom. The number of aromatic nitrogens is 1. The molecule has 7 atom stereocenters. The zero-order valence-corrected chi connectivity index (χ0v) is 38.4. The van der Waals surface area contributed by atoms with Crippen LogP contribution in [0.5, 0.6) is 5.75 Å². The number of aromatic amines is 1. The summed E-state index contributed by atoms with van der Waals surface area (Å²) < 4.78 is 0. The lowest BCUT2D eigenvalue weighted by Crippen LogP contribution is -2.61. The van der Waals surface area contributed by atoms with Crippen molar-refractivity contribution in [2.45, 2.75) is 102 Å². The van der Waals surface area contributed by atoms with E-state index < -0.39 is 102 Å². The van der Waals surface area contributed by atoms with Crippen molar-refractivity contribution in [2.24, 2.45) is 17.6 Å². The molecule has 2 fully saturated rings. The Kier molecular flexibility index (Phi) is 18.1. The highest BCUT2D eigenvalue weighted by Gasteiger charge is 2.41. The van der Waals surface area contributed by atoms with Crippen LogP contribution in [0.1, 0.15) is 58.1 Å². The second-order valence-corrected chi connectivity index (χ2v) is 19.5. The lowest BCUT2D eigenvalue weighted by molar-refractivity contribution is -0.143. The van der Waals surface area contributed by atoms with Crippen LogP contribution in [0.3, 0.4) is 0 Å². The first kappa shape index (κ1) is 50.2.